The molecule has 0 atom stereocenters. The number of benzene rings is 1. The number of nitrogens with zero attached hydrogens (tertiary/aromatic N) is 1. The lowest BCUT2D eigenvalue weighted by Gasteiger charge is -2.01. The van der Waals surface area contributed by atoms with Gasteiger partial charge in [-0.1, -0.05) is 11.2 Å². The molecule has 0 fully saturated rings. The summed E-state index contributed by atoms with van der Waals surface area (Å²) in [6.45, 7) is 0. The van der Waals surface area contributed by atoms with Crippen LogP contribution in [0.2, 0.25) is 0 Å². The van der Waals surface area contributed by atoms with Crippen molar-refractivity contribution in [1.82, 2.24) is 0 Å². The van der Waals surface area contributed by atoms with Crippen LogP contribution in [0.3, 0.4) is 0 Å². The SMILES string of the molecule is COc1cc(/C=N\O)ccc1F. The molecule has 1 rings (SSSR count). The molecule has 0 saturated heterocycles. The minimum atomic E-state index is -0.437. The molecule has 1 N–H and O–H groups in total. The maximum absolute atomic E-state index is 12.8. The lowest BCUT2D eigenvalue weighted by Crippen LogP contribution is -1.90. The molecule has 0 bridgehead atoms. The van der Waals surface area contributed by atoms with Gasteiger partial charge >= 0.3 is 0 Å². The summed E-state index contributed by atoms with van der Waals surface area (Å²) in [6.07, 6.45) is 1.20. The molecule has 0 heterocycles. The minimum absolute atomic E-state index is 0.132. The molecule has 4 heteroatoms. The van der Waals surface area contributed by atoms with Crippen LogP contribution in [-0.2, 0) is 0 Å². The van der Waals surface area contributed by atoms with Crippen molar-refractivity contribution < 1.29 is 14.3 Å². The Morgan fingerprint density at radius 3 is 2.92 bits per heavy atom. The molecule has 0 saturated carbocycles. The monoisotopic (exact) mass is 169 g/mol. The molecule has 3 nitrogen and oxygen atoms in total. The first-order valence-electron chi connectivity index (χ1n) is 3.29. The molecule has 12 heavy (non-hydrogen) atoms. The summed E-state index contributed by atoms with van der Waals surface area (Å²) < 4.78 is 17.5. The average molecular weight is 169 g/mol. The summed E-state index contributed by atoms with van der Waals surface area (Å²) in [6, 6.07) is 4.17. The molecule has 0 aliphatic rings. The van der Waals surface area contributed by atoms with Gasteiger partial charge in [-0.25, -0.2) is 4.39 Å². The largest absolute Gasteiger partial charge is 0.494 e. The highest BCUT2D eigenvalue weighted by Gasteiger charge is 2.01. The van der Waals surface area contributed by atoms with Crippen LogP contribution in [0.25, 0.3) is 0 Å². The first-order valence-corrected chi connectivity index (χ1v) is 3.29. The Labute approximate surface area is 69.1 Å². The zero-order valence-corrected chi connectivity index (χ0v) is 6.49. The maximum Gasteiger partial charge on any atom is 0.165 e. The first-order chi connectivity index (χ1) is 5.77. The number of hydrogen-bond donors (Lipinski definition) is 1. The number of ether oxygens (including phenoxy) is 1. The van der Waals surface area contributed by atoms with Crippen LogP contribution < -0.4 is 4.74 Å². The van der Waals surface area contributed by atoms with Gasteiger partial charge in [-0.05, 0) is 17.7 Å². The Balaban J connectivity index is 3.05. The van der Waals surface area contributed by atoms with Crippen LogP contribution in [0.1, 0.15) is 5.56 Å². The van der Waals surface area contributed by atoms with E-state index >= 15 is 0 Å². The highest BCUT2D eigenvalue weighted by atomic mass is 19.1. The molecule has 0 radical (unpaired) electrons. The van der Waals surface area contributed by atoms with E-state index in [0.717, 1.165) is 0 Å². The average Bonchev–Trinajstić information content (AvgIpc) is 2.09. The standard InChI is InChI=1S/C8H8FNO2/c1-12-8-4-6(5-10-11)2-3-7(8)9/h2-5,11H,1H3/b10-5-. The predicted molar refractivity (Wildman–Crippen MR) is 42.3 cm³/mol. The van der Waals surface area contributed by atoms with Crippen LogP contribution in [0, 0.1) is 5.82 Å². The molecular formula is C8H8FNO2. The van der Waals surface area contributed by atoms with E-state index in [1.165, 1.54) is 31.5 Å². The van der Waals surface area contributed by atoms with Gasteiger partial charge in [0.1, 0.15) is 0 Å². The molecule has 0 aromatic heterocycles. The van der Waals surface area contributed by atoms with Crippen molar-refractivity contribution in [2.24, 2.45) is 5.16 Å². The van der Waals surface area contributed by atoms with E-state index in [4.69, 9.17) is 9.94 Å². The second kappa shape index (κ2) is 3.71. The van der Waals surface area contributed by atoms with Crippen molar-refractivity contribution in [3.63, 3.8) is 0 Å². The molecular weight excluding hydrogens is 161 g/mol. The smallest absolute Gasteiger partial charge is 0.165 e. The van der Waals surface area contributed by atoms with E-state index in [1.807, 2.05) is 0 Å². The number of rotatable bonds is 2. The number of hydrogen-bond acceptors (Lipinski definition) is 3. The van der Waals surface area contributed by atoms with Gasteiger partial charge in [-0.2, -0.15) is 0 Å². The van der Waals surface area contributed by atoms with Crippen molar-refractivity contribution in [3.05, 3.63) is 29.6 Å². The highest BCUT2D eigenvalue weighted by molar-refractivity contribution is 5.79. The third kappa shape index (κ3) is 1.72. The summed E-state index contributed by atoms with van der Waals surface area (Å²) in [5, 5.41) is 11.0. The Bertz CT molecular complexity index is 299. The summed E-state index contributed by atoms with van der Waals surface area (Å²) in [4.78, 5) is 0. The second-order valence-electron chi connectivity index (χ2n) is 2.14. The predicted octanol–water partition coefficient (Wildman–Crippen LogP) is 1.64. The van der Waals surface area contributed by atoms with Gasteiger partial charge in [0, 0.05) is 0 Å². The van der Waals surface area contributed by atoms with Crippen molar-refractivity contribution in [3.8, 4) is 5.75 Å². The molecule has 0 aliphatic carbocycles. The summed E-state index contributed by atoms with van der Waals surface area (Å²) in [7, 11) is 1.37. The van der Waals surface area contributed by atoms with E-state index in [9.17, 15) is 4.39 Å². The van der Waals surface area contributed by atoms with Gasteiger partial charge in [-0.3, -0.25) is 0 Å². The number of methoxy groups -OCH3 is 1. The Morgan fingerprint density at radius 1 is 1.58 bits per heavy atom. The van der Waals surface area contributed by atoms with Crippen LogP contribution in [0.4, 0.5) is 4.39 Å². The van der Waals surface area contributed by atoms with Crippen molar-refractivity contribution in [1.29, 1.82) is 0 Å². The Morgan fingerprint density at radius 2 is 2.33 bits per heavy atom. The Hall–Kier alpha value is -1.58. The van der Waals surface area contributed by atoms with E-state index in [0.29, 0.717) is 5.56 Å². The minimum Gasteiger partial charge on any atom is -0.494 e. The molecule has 0 unspecified atom stereocenters. The van der Waals surface area contributed by atoms with Crippen LogP contribution in [-0.4, -0.2) is 18.5 Å². The molecule has 1 aromatic carbocycles. The van der Waals surface area contributed by atoms with Crippen LogP contribution in [0.5, 0.6) is 5.75 Å². The van der Waals surface area contributed by atoms with Gasteiger partial charge in [0.2, 0.25) is 0 Å². The fourth-order valence-electron chi connectivity index (χ4n) is 0.823. The number of oxime groups is 1. The second-order valence-corrected chi connectivity index (χ2v) is 2.14. The molecule has 0 aliphatic heterocycles. The van der Waals surface area contributed by atoms with Gasteiger partial charge in [0.05, 0.1) is 13.3 Å². The number of halogens is 1. The fourth-order valence-corrected chi connectivity index (χ4v) is 0.823. The third-order valence-corrected chi connectivity index (χ3v) is 1.38. The van der Waals surface area contributed by atoms with Gasteiger partial charge in [0.15, 0.2) is 11.6 Å². The van der Waals surface area contributed by atoms with Gasteiger partial charge in [-0.15, -0.1) is 0 Å². The van der Waals surface area contributed by atoms with Crippen molar-refractivity contribution >= 4 is 6.21 Å². The van der Waals surface area contributed by atoms with E-state index in [1.54, 1.807) is 0 Å². The van der Waals surface area contributed by atoms with E-state index in [2.05, 4.69) is 5.16 Å². The topological polar surface area (TPSA) is 41.8 Å². The van der Waals surface area contributed by atoms with Gasteiger partial charge < -0.3 is 9.94 Å². The Kier molecular flexibility index (Phi) is 2.63. The lowest BCUT2D eigenvalue weighted by molar-refractivity contribution is 0.322. The summed E-state index contributed by atoms with van der Waals surface area (Å²) in [5.41, 5.74) is 0.579. The fraction of sp³-hybridized carbons (Fsp3) is 0.125. The lowest BCUT2D eigenvalue weighted by atomic mass is 10.2. The van der Waals surface area contributed by atoms with Crippen molar-refractivity contribution in [2.45, 2.75) is 0 Å². The molecule has 64 valence electrons. The molecule has 0 spiro atoms. The van der Waals surface area contributed by atoms with Crippen LogP contribution in [0.15, 0.2) is 23.4 Å². The first kappa shape index (κ1) is 8.52. The maximum atomic E-state index is 12.8. The quantitative estimate of drug-likeness (QED) is 0.415. The highest BCUT2D eigenvalue weighted by Crippen LogP contribution is 2.16. The van der Waals surface area contributed by atoms with E-state index < -0.39 is 5.82 Å². The summed E-state index contributed by atoms with van der Waals surface area (Å²) in [5.74, 6) is -0.306. The van der Waals surface area contributed by atoms with Crippen LogP contribution >= 0.6 is 0 Å². The van der Waals surface area contributed by atoms with Crippen molar-refractivity contribution in [2.75, 3.05) is 7.11 Å². The molecule has 0 amide bonds. The molecule has 1 aromatic rings. The zero-order chi connectivity index (χ0) is 8.97. The van der Waals surface area contributed by atoms with E-state index in [-0.39, 0.29) is 5.75 Å². The van der Waals surface area contributed by atoms with Gasteiger partial charge in [0.25, 0.3) is 0 Å². The normalized spacial score (nSPS) is 10.5. The third-order valence-electron chi connectivity index (χ3n) is 1.38. The summed E-state index contributed by atoms with van der Waals surface area (Å²) >= 11 is 0. The zero-order valence-electron chi connectivity index (χ0n) is 6.49.